The Morgan fingerprint density at radius 1 is 1.39 bits per heavy atom. The molecule has 2 aliphatic rings. The van der Waals surface area contributed by atoms with E-state index in [-0.39, 0.29) is 16.4 Å². The second-order valence-electron chi connectivity index (χ2n) is 6.34. The van der Waals surface area contributed by atoms with Gasteiger partial charge >= 0.3 is 0 Å². The Bertz CT molecular complexity index is 645. The molecule has 3 rings (SSSR count). The molecule has 2 fully saturated rings. The molecule has 0 amide bonds. The minimum atomic E-state index is -3.63. The van der Waals surface area contributed by atoms with E-state index < -0.39 is 15.8 Å². The maximum Gasteiger partial charge on any atom is 0.243 e. The van der Waals surface area contributed by atoms with E-state index >= 15 is 0 Å². The van der Waals surface area contributed by atoms with Crippen LogP contribution in [-0.2, 0) is 19.5 Å². The van der Waals surface area contributed by atoms with Gasteiger partial charge in [-0.05, 0) is 43.5 Å². The zero-order chi connectivity index (χ0) is 16.5. The summed E-state index contributed by atoms with van der Waals surface area (Å²) in [7, 11) is -2.00. The molecule has 1 aromatic rings. The third-order valence-electron chi connectivity index (χ3n) is 4.84. The highest BCUT2D eigenvalue weighted by Crippen LogP contribution is 2.41. The van der Waals surface area contributed by atoms with Crippen molar-refractivity contribution in [1.82, 2.24) is 4.31 Å². The summed E-state index contributed by atoms with van der Waals surface area (Å²) < 4.78 is 51.5. The van der Waals surface area contributed by atoms with Crippen molar-refractivity contribution in [2.45, 2.75) is 30.3 Å². The first-order valence-electron chi connectivity index (χ1n) is 7.84. The van der Waals surface area contributed by atoms with E-state index in [1.54, 1.807) is 7.11 Å². The number of ether oxygens (including phenoxy) is 2. The van der Waals surface area contributed by atoms with Gasteiger partial charge in [-0.15, -0.1) is 0 Å². The fourth-order valence-electron chi connectivity index (χ4n) is 3.71. The summed E-state index contributed by atoms with van der Waals surface area (Å²) in [6.45, 7) is 2.00. The topological polar surface area (TPSA) is 55.8 Å². The second-order valence-corrected chi connectivity index (χ2v) is 8.28. The van der Waals surface area contributed by atoms with E-state index in [0.717, 1.165) is 19.4 Å². The van der Waals surface area contributed by atoms with E-state index in [9.17, 15) is 12.8 Å². The highest BCUT2D eigenvalue weighted by atomic mass is 32.2. The predicted molar refractivity (Wildman–Crippen MR) is 83.1 cm³/mol. The number of nitrogens with zero attached hydrogens (tertiary/aromatic N) is 1. The monoisotopic (exact) mass is 343 g/mol. The number of rotatable bonds is 4. The highest BCUT2D eigenvalue weighted by molar-refractivity contribution is 7.89. The number of hydrogen-bond acceptors (Lipinski definition) is 4. The molecule has 2 atom stereocenters. The first-order chi connectivity index (χ1) is 11.0. The van der Waals surface area contributed by atoms with Crippen LogP contribution in [0.4, 0.5) is 4.39 Å². The molecule has 0 aliphatic carbocycles. The second kappa shape index (κ2) is 6.47. The Balaban J connectivity index is 1.87. The molecule has 2 heterocycles. The van der Waals surface area contributed by atoms with Crippen molar-refractivity contribution in [3.63, 3.8) is 0 Å². The Morgan fingerprint density at radius 2 is 2.13 bits per heavy atom. The fraction of sp³-hybridized carbons (Fsp3) is 0.625. The van der Waals surface area contributed by atoms with Crippen molar-refractivity contribution >= 4 is 10.0 Å². The quantitative estimate of drug-likeness (QED) is 0.839. The van der Waals surface area contributed by atoms with Crippen LogP contribution < -0.4 is 0 Å². The summed E-state index contributed by atoms with van der Waals surface area (Å²) in [5.41, 5.74) is -0.293. The average Bonchev–Trinajstić information content (AvgIpc) is 2.55. The molecule has 128 valence electrons. The van der Waals surface area contributed by atoms with Crippen molar-refractivity contribution in [2.75, 3.05) is 33.4 Å². The van der Waals surface area contributed by atoms with Crippen LogP contribution in [0.1, 0.15) is 19.3 Å². The van der Waals surface area contributed by atoms with Crippen molar-refractivity contribution in [2.24, 2.45) is 5.41 Å². The minimum Gasteiger partial charge on any atom is -0.384 e. The van der Waals surface area contributed by atoms with Gasteiger partial charge in [0.15, 0.2) is 0 Å². The average molecular weight is 343 g/mol. The van der Waals surface area contributed by atoms with Gasteiger partial charge in [-0.2, -0.15) is 4.31 Å². The Kier molecular flexibility index (Phi) is 4.73. The predicted octanol–water partition coefficient (Wildman–Crippen LogP) is 2.03. The molecule has 1 aromatic carbocycles. The van der Waals surface area contributed by atoms with Crippen LogP contribution in [0.25, 0.3) is 0 Å². The minimum absolute atomic E-state index is 0.0378. The van der Waals surface area contributed by atoms with E-state index in [1.807, 2.05) is 0 Å². The summed E-state index contributed by atoms with van der Waals surface area (Å²) in [5.74, 6) is -0.445. The van der Waals surface area contributed by atoms with E-state index in [1.165, 1.54) is 28.6 Å². The van der Waals surface area contributed by atoms with Gasteiger partial charge in [0.25, 0.3) is 0 Å². The number of fused-ring (bicyclic) bond motifs is 1. The molecule has 23 heavy (non-hydrogen) atoms. The van der Waals surface area contributed by atoms with Crippen LogP contribution in [0.15, 0.2) is 29.2 Å². The number of sulfonamides is 1. The summed E-state index contributed by atoms with van der Waals surface area (Å²) in [6, 6.07) is 4.98. The molecule has 0 aromatic heterocycles. The Morgan fingerprint density at radius 3 is 2.83 bits per heavy atom. The normalized spacial score (nSPS) is 29.2. The molecular formula is C16H22FNO4S. The molecule has 2 saturated heterocycles. The van der Waals surface area contributed by atoms with E-state index in [2.05, 4.69) is 0 Å². The summed E-state index contributed by atoms with van der Waals surface area (Å²) in [4.78, 5) is 0.127. The van der Waals surface area contributed by atoms with Gasteiger partial charge < -0.3 is 9.47 Å². The molecule has 7 heteroatoms. The first-order valence-corrected chi connectivity index (χ1v) is 9.28. The standard InChI is InChI=1S/C16H22FNO4S/c1-21-12-16-8-2-10-22-15(16)7-9-18(11-16)23(19,20)14-5-3-13(17)4-6-14/h3-6,15H,2,7-12H2,1H3/t15-,16-/m1/s1. The van der Waals surface area contributed by atoms with Crippen LogP contribution in [0.2, 0.25) is 0 Å². The van der Waals surface area contributed by atoms with Crippen LogP contribution >= 0.6 is 0 Å². The largest absolute Gasteiger partial charge is 0.384 e. The van der Waals surface area contributed by atoms with Crippen molar-refractivity contribution in [3.05, 3.63) is 30.1 Å². The smallest absolute Gasteiger partial charge is 0.243 e. The zero-order valence-electron chi connectivity index (χ0n) is 13.2. The molecule has 0 N–H and O–H groups in total. The van der Waals surface area contributed by atoms with Gasteiger partial charge in [0.05, 0.1) is 17.6 Å². The fourth-order valence-corrected chi connectivity index (χ4v) is 5.26. The van der Waals surface area contributed by atoms with E-state index in [0.29, 0.717) is 26.1 Å². The summed E-state index contributed by atoms with van der Waals surface area (Å²) >= 11 is 0. The molecule has 0 saturated carbocycles. The van der Waals surface area contributed by atoms with Gasteiger partial charge in [-0.25, -0.2) is 12.8 Å². The lowest BCUT2D eigenvalue weighted by Gasteiger charge is -2.49. The third kappa shape index (κ3) is 3.15. The Hall–Kier alpha value is -1.02. The summed E-state index contributed by atoms with van der Waals surface area (Å²) in [6.07, 6.45) is 2.49. The van der Waals surface area contributed by atoms with E-state index in [4.69, 9.17) is 9.47 Å². The van der Waals surface area contributed by atoms with Crippen LogP contribution in [0.5, 0.6) is 0 Å². The SMILES string of the molecule is COC[C@]12CCCO[C@@H]1CCN(S(=O)(=O)c1ccc(F)cc1)C2. The lowest BCUT2D eigenvalue weighted by molar-refractivity contribution is -0.137. The molecule has 2 aliphatic heterocycles. The highest BCUT2D eigenvalue weighted by Gasteiger charge is 2.48. The van der Waals surface area contributed by atoms with Crippen molar-refractivity contribution < 1.29 is 22.3 Å². The molecule has 0 bridgehead atoms. The van der Waals surface area contributed by atoms with Crippen LogP contribution in [0, 0.1) is 11.2 Å². The number of hydrogen-bond donors (Lipinski definition) is 0. The molecule has 0 spiro atoms. The van der Waals surface area contributed by atoms with Gasteiger partial charge in [0, 0.05) is 32.2 Å². The number of piperidine rings is 1. The molecule has 5 nitrogen and oxygen atoms in total. The van der Waals surface area contributed by atoms with Crippen LogP contribution in [-0.4, -0.2) is 52.2 Å². The van der Waals surface area contributed by atoms with Gasteiger partial charge in [0.1, 0.15) is 5.82 Å². The van der Waals surface area contributed by atoms with Crippen LogP contribution in [0.3, 0.4) is 0 Å². The first kappa shape index (κ1) is 16.8. The van der Waals surface area contributed by atoms with Gasteiger partial charge in [-0.1, -0.05) is 0 Å². The summed E-state index contributed by atoms with van der Waals surface area (Å²) in [5, 5.41) is 0. The number of methoxy groups -OCH3 is 1. The molecule has 0 unspecified atom stereocenters. The molecular weight excluding hydrogens is 321 g/mol. The zero-order valence-corrected chi connectivity index (χ0v) is 14.0. The molecule has 0 radical (unpaired) electrons. The third-order valence-corrected chi connectivity index (χ3v) is 6.70. The maximum absolute atomic E-state index is 13.1. The van der Waals surface area contributed by atoms with Crippen molar-refractivity contribution in [1.29, 1.82) is 0 Å². The lowest BCUT2D eigenvalue weighted by Crippen LogP contribution is -2.57. The van der Waals surface area contributed by atoms with Gasteiger partial charge in [-0.3, -0.25) is 0 Å². The number of halogens is 1. The lowest BCUT2D eigenvalue weighted by atomic mass is 9.73. The Labute approximate surface area is 136 Å². The maximum atomic E-state index is 13.1. The van der Waals surface area contributed by atoms with Gasteiger partial charge in [0.2, 0.25) is 10.0 Å². The number of benzene rings is 1. The van der Waals surface area contributed by atoms with Crippen molar-refractivity contribution in [3.8, 4) is 0 Å².